The molecule has 8 nitrogen and oxygen atoms in total. The molecule has 4 rings (SSSR count). The highest BCUT2D eigenvalue weighted by atomic mass is 16.6. The predicted molar refractivity (Wildman–Crippen MR) is 129 cm³/mol. The van der Waals surface area contributed by atoms with Crippen LogP contribution in [0.3, 0.4) is 0 Å². The molecule has 2 aliphatic rings. The van der Waals surface area contributed by atoms with Gasteiger partial charge in [-0.25, -0.2) is 0 Å². The van der Waals surface area contributed by atoms with E-state index in [-0.39, 0.29) is 28.5 Å². The first-order chi connectivity index (χ1) is 15.7. The monoisotopic (exact) mass is 452 g/mol. The van der Waals surface area contributed by atoms with Gasteiger partial charge in [0.15, 0.2) is 6.61 Å². The number of nitrogens with one attached hydrogen (secondary N) is 1. The van der Waals surface area contributed by atoms with E-state index in [1.54, 1.807) is 12.1 Å². The standard InChI is InChI=1S/C25H32N4O4/c1-25(2,3)18-4-9-21(10-5-18)33-17-24(30)28-14-12-27(13-15-28)20-8-11-23(29(31)32)22(16-20)26-19-6-7-19/h4-5,8-11,16,19,26H,6-7,12-15,17H2,1-3H3. The highest BCUT2D eigenvalue weighted by Crippen LogP contribution is 2.34. The molecule has 0 atom stereocenters. The normalized spacial score (nSPS) is 16.5. The molecule has 0 aromatic heterocycles. The van der Waals surface area contributed by atoms with Crippen molar-refractivity contribution in [2.75, 3.05) is 43.0 Å². The molecule has 176 valence electrons. The summed E-state index contributed by atoms with van der Waals surface area (Å²) in [6.07, 6.45) is 2.09. The van der Waals surface area contributed by atoms with Crippen molar-refractivity contribution in [3.63, 3.8) is 0 Å². The van der Waals surface area contributed by atoms with Crippen LogP contribution < -0.4 is 15.0 Å². The van der Waals surface area contributed by atoms with Crippen LogP contribution in [0.15, 0.2) is 42.5 Å². The minimum Gasteiger partial charge on any atom is -0.484 e. The number of nitro groups is 1. The van der Waals surface area contributed by atoms with Crippen molar-refractivity contribution in [1.82, 2.24) is 4.90 Å². The summed E-state index contributed by atoms with van der Waals surface area (Å²) in [5.41, 5.74) is 2.91. The Bertz CT molecular complexity index is 1000. The molecule has 0 unspecified atom stereocenters. The van der Waals surface area contributed by atoms with Gasteiger partial charge < -0.3 is 19.9 Å². The van der Waals surface area contributed by atoms with Gasteiger partial charge in [-0.1, -0.05) is 32.9 Å². The Morgan fingerprint density at radius 1 is 1.09 bits per heavy atom. The average molecular weight is 453 g/mol. The summed E-state index contributed by atoms with van der Waals surface area (Å²) in [5, 5.41) is 14.6. The molecule has 1 N–H and O–H groups in total. The second-order valence-electron chi connectivity index (χ2n) is 9.81. The molecule has 1 amide bonds. The minimum absolute atomic E-state index is 0.0157. The topological polar surface area (TPSA) is 88.0 Å². The minimum atomic E-state index is -0.345. The van der Waals surface area contributed by atoms with E-state index in [0.717, 1.165) is 18.5 Å². The summed E-state index contributed by atoms with van der Waals surface area (Å²) in [4.78, 5) is 27.6. The molecular formula is C25H32N4O4. The number of rotatable bonds is 7. The SMILES string of the molecule is CC(C)(C)c1ccc(OCC(=O)N2CCN(c3ccc([N+](=O)[O-])c(NC4CC4)c3)CC2)cc1. The Morgan fingerprint density at radius 3 is 2.33 bits per heavy atom. The number of nitrogens with zero attached hydrogens (tertiary/aromatic N) is 3. The second kappa shape index (κ2) is 9.29. The molecule has 8 heteroatoms. The van der Waals surface area contributed by atoms with Gasteiger partial charge in [-0.2, -0.15) is 0 Å². The maximum absolute atomic E-state index is 12.6. The van der Waals surface area contributed by atoms with Gasteiger partial charge in [0.05, 0.1) is 4.92 Å². The number of nitro benzene ring substituents is 1. The molecule has 0 radical (unpaired) electrons. The summed E-state index contributed by atoms with van der Waals surface area (Å²) in [6.45, 7) is 9.02. The Morgan fingerprint density at radius 2 is 1.76 bits per heavy atom. The first-order valence-corrected chi connectivity index (χ1v) is 11.5. The second-order valence-corrected chi connectivity index (χ2v) is 9.81. The number of amides is 1. The van der Waals surface area contributed by atoms with E-state index in [9.17, 15) is 14.9 Å². The maximum atomic E-state index is 12.6. The summed E-state index contributed by atoms with van der Waals surface area (Å²) in [6, 6.07) is 13.4. The van der Waals surface area contributed by atoms with Gasteiger partial charge in [0.25, 0.3) is 11.6 Å². The van der Waals surface area contributed by atoms with E-state index in [1.165, 1.54) is 5.56 Å². The van der Waals surface area contributed by atoms with E-state index < -0.39 is 0 Å². The molecule has 0 spiro atoms. The number of anilines is 2. The summed E-state index contributed by atoms with van der Waals surface area (Å²) >= 11 is 0. The third kappa shape index (κ3) is 5.74. The fourth-order valence-electron chi connectivity index (χ4n) is 3.94. The fourth-order valence-corrected chi connectivity index (χ4v) is 3.94. The third-order valence-electron chi connectivity index (χ3n) is 6.19. The first-order valence-electron chi connectivity index (χ1n) is 11.5. The van der Waals surface area contributed by atoms with Gasteiger partial charge in [-0.3, -0.25) is 14.9 Å². The van der Waals surface area contributed by atoms with Crippen LogP contribution in [-0.4, -0.2) is 54.6 Å². The Kier molecular flexibility index (Phi) is 6.44. The molecule has 33 heavy (non-hydrogen) atoms. The molecule has 1 saturated heterocycles. The fraction of sp³-hybridized carbons (Fsp3) is 0.480. The van der Waals surface area contributed by atoms with Gasteiger partial charge >= 0.3 is 0 Å². The Hall–Kier alpha value is -3.29. The van der Waals surface area contributed by atoms with Crippen LogP contribution in [0.5, 0.6) is 5.75 Å². The number of carbonyl (C=O) groups is 1. The van der Waals surface area contributed by atoms with E-state index in [2.05, 4.69) is 31.0 Å². The molecule has 2 aromatic carbocycles. The quantitative estimate of drug-likeness (QED) is 0.501. The van der Waals surface area contributed by atoms with Gasteiger partial charge in [-0.15, -0.1) is 0 Å². The molecule has 1 aliphatic carbocycles. The molecule has 1 heterocycles. The zero-order valence-electron chi connectivity index (χ0n) is 19.5. The van der Waals surface area contributed by atoms with Gasteiger partial charge in [0.1, 0.15) is 11.4 Å². The molecular weight excluding hydrogens is 420 g/mol. The van der Waals surface area contributed by atoms with Crippen molar-refractivity contribution in [3.8, 4) is 5.75 Å². The van der Waals surface area contributed by atoms with Crippen LogP contribution in [0.1, 0.15) is 39.2 Å². The van der Waals surface area contributed by atoms with Crippen molar-refractivity contribution in [1.29, 1.82) is 0 Å². The molecule has 0 bridgehead atoms. The van der Waals surface area contributed by atoms with Crippen LogP contribution >= 0.6 is 0 Å². The Labute approximate surface area is 194 Å². The van der Waals surface area contributed by atoms with E-state index in [4.69, 9.17) is 4.74 Å². The number of ether oxygens (including phenoxy) is 1. The number of hydrogen-bond donors (Lipinski definition) is 1. The average Bonchev–Trinajstić information content (AvgIpc) is 3.61. The lowest BCUT2D eigenvalue weighted by Gasteiger charge is -2.36. The largest absolute Gasteiger partial charge is 0.484 e. The Balaban J connectivity index is 1.30. The van der Waals surface area contributed by atoms with Crippen molar-refractivity contribution < 1.29 is 14.5 Å². The van der Waals surface area contributed by atoms with Crippen LogP contribution in [-0.2, 0) is 10.2 Å². The maximum Gasteiger partial charge on any atom is 0.292 e. The summed E-state index contributed by atoms with van der Waals surface area (Å²) in [5.74, 6) is 0.658. The van der Waals surface area contributed by atoms with E-state index in [0.29, 0.717) is 43.7 Å². The molecule has 2 fully saturated rings. The zero-order valence-corrected chi connectivity index (χ0v) is 19.5. The molecule has 2 aromatic rings. The highest BCUT2D eigenvalue weighted by molar-refractivity contribution is 5.78. The van der Waals surface area contributed by atoms with Crippen LogP contribution in [0.4, 0.5) is 17.1 Å². The number of piperazine rings is 1. The van der Waals surface area contributed by atoms with Gasteiger partial charge in [0, 0.05) is 44.0 Å². The summed E-state index contributed by atoms with van der Waals surface area (Å²) < 4.78 is 5.72. The van der Waals surface area contributed by atoms with Crippen LogP contribution in [0.25, 0.3) is 0 Å². The molecule has 1 saturated carbocycles. The van der Waals surface area contributed by atoms with Crippen LogP contribution in [0, 0.1) is 10.1 Å². The van der Waals surface area contributed by atoms with Gasteiger partial charge in [-0.05, 0) is 48.1 Å². The summed E-state index contributed by atoms with van der Waals surface area (Å²) in [7, 11) is 0. The lowest BCUT2D eigenvalue weighted by atomic mass is 9.87. The lowest BCUT2D eigenvalue weighted by molar-refractivity contribution is -0.384. The third-order valence-corrected chi connectivity index (χ3v) is 6.19. The highest BCUT2D eigenvalue weighted by Gasteiger charge is 2.27. The zero-order chi connectivity index (χ0) is 23.6. The number of benzene rings is 2. The van der Waals surface area contributed by atoms with Gasteiger partial charge in [0.2, 0.25) is 0 Å². The first kappa shape index (κ1) is 22.9. The van der Waals surface area contributed by atoms with E-state index >= 15 is 0 Å². The predicted octanol–water partition coefficient (Wildman–Crippen LogP) is 4.19. The number of carbonyl (C=O) groups excluding carboxylic acids is 1. The van der Waals surface area contributed by atoms with Crippen molar-refractivity contribution in [2.24, 2.45) is 0 Å². The smallest absolute Gasteiger partial charge is 0.292 e. The van der Waals surface area contributed by atoms with Crippen molar-refractivity contribution in [2.45, 2.75) is 45.1 Å². The molecule has 1 aliphatic heterocycles. The van der Waals surface area contributed by atoms with E-state index in [1.807, 2.05) is 35.2 Å². The van der Waals surface area contributed by atoms with Crippen LogP contribution in [0.2, 0.25) is 0 Å². The van der Waals surface area contributed by atoms with Crippen molar-refractivity contribution >= 4 is 23.0 Å². The number of hydrogen-bond acceptors (Lipinski definition) is 6. The lowest BCUT2D eigenvalue weighted by Crippen LogP contribution is -2.50. The van der Waals surface area contributed by atoms with Crippen molar-refractivity contribution in [3.05, 3.63) is 58.1 Å².